The van der Waals surface area contributed by atoms with Gasteiger partial charge in [-0.3, -0.25) is 0 Å². The fourth-order valence-electron chi connectivity index (χ4n) is 2.53. The first-order chi connectivity index (χ1) is 7.65. The largest absolute Gasteiger partial charge is 0.311 e. The normalized spacial score (nSPS) is 25.7. The first kappa shape index (κ1) is 11.6. The molecule has 0 amide bonds. The molecule has 1 saturated heterocycles. The highest BCUT2D eigenvalue weighted by atomic mass is 19.1. The lowest BCUT2D eigenvalue weighted by atomic mass is 9.93. The van der Waals surface area contributed by atoms with Crippen LogP contribution in [0.4, 0.5) is 4.39 Å². The minimum Gasteiger partial charge on any atom is -0.311 e. The van der Waals surface area contributed by atoms with Gasteiger partial charge in [0.05, 0.1) is 0 Å². The van der Waals surface area contributed by atoms with Gasteiger partial charge in [-0.15, -0.1) is 0 Å². The standard InChI is InChI=1S/C14H20FN/c1-10-6-7-13(15)8-12(10)9-14-5-3-4-11(2)16-14/h6-8,11,14,16H,3-5,9H2,1-2H3. The number of rotatable bonds is 2. The number of hydrogen-bond donors (Lipinski definition) is 1. The zero-order chi connectivity index (χ0) is 11.5. The smallest absolute Gasteiger partial charge is 0.123 e. The van der Waals surface area contributed by atoms with Gasteiger partial charge < -0.3 is 5.32 Å². The zero-order valence-electron chi connectivity index (χ0n) is 10.1. The van der Waals surface area contributed by atoms with Crippen molar-refractivity contribution in [2.45, 2.75) is 51.6 Å². The molecule has 1 nitrogen and oxygen atoms in total. The van der Waals surface area contributed by atoms with E-state index in [-0.39, 0.29) is 5.82 Å². The summed E-state index contributed by atoms with van der Waals surface area (Å²) in [5.41, 5.74) is 2.34. The molecule has 1 fully saturated rings. The van der Waals surface area contributed by atoms with Crippen molar-refractivity contribution in [2.75, 3.05) is 0 Å². The highest BCUT2D eigenvalue weighted by molar-refractivity contribution is 5.27. The molecular weight excluding hydrogens is 201 g/mol. The minimum absolute atomic E-state index is 0.121. The molecule has 1 aliphatic rings. The molecule has 16 heavy (non-hydrogen) atoms. The molecule has 1 heterocycles. The molecule has 0 saturated carbocycles. The third-order valence-corrected chi connectivity index (χ3v) is 3.49. The third kappa shape index (κ3) is 2.82. The molecule has 0 radical (unpaired) electrons. The Morgan fingerprint density at radius 1 is 1.38 bits per heavy atom. The average molecular weight is 221 g/mol. The second-order valence-electron chi connectivity index (χ2n) is 4.97. The minimum atomic E-state index is -0.121. The Hall–Kier alpha value is -0.890. The van der Waals surface area contributed by atoms with Crippen LogP contribution in [0.3, 0.4) is 0 Å². The molecule has 0 aromatic heterocycles. The Balaban J connectivity index is 2.05. The van der Waals surface area contributed by atoms with Crippen LogP contribution in [0.25, 0.3) is 0 Å². The van der Waals surface area contributed by atoms with Gasteiger partial charge in [0, 0.05) is 12.1 Å². The van der Waals surface area contributed by atoms with Crippen LogP contribution >= 0.6 is 0 Å². The summed E-state index contributed by atoms with van der Waals surface area (Å²) in [7, 11) is 0. The Bertz CT molecular complexity index is 362. The van der Waals surface area contributed by atoms with Crippen LogP contribution < -0.4 is 5.32 Å². The van der Waals surface area contributed by atoms with Crippen LogP contribution in [-0.2, 0) is 6.42 Å². The van der Waals surface area contributed by atoms with Gasteiger partial charge in [-0.2, -0.15) is 0 Å². The molecule has 0 spiro atoms. The maximum Gasteiger partial charge on any atom is 0.123 e. The summed E-state index contributed by atoms with van der Waals surface area (Å²) in [6.07, 6.45) is 4.71. The Labute approximate surface area is 97.1 Å². The van der Waals surface area contributed by atoms with E-state index in [9.17, 15) is 4.39 Å². The van der Waals surface area contributed by atoms with Crippen LogP contribution in [0, 0.1) is 12.7 Å². The number of halogens is 1. The Morgan fingerprint density at radius 3 is 2.94 bits per heavy atom. The van der Waals surface area contributed by atoms with Crippen LogP contribution in [0.1, 0.15) is 37.3 Å². The highest BCUT2D eigenvalue weighted by Crippen LogP contribution is 2.18. The van der Waals surface area contributed by atoms with Gasteiger partial charge in [0.25, 0.3) is 0 Å². The molecule has 0 aliphatic carbocycles. The maximum absolute atomic E-state index is 13.2. The van der Waals surface area contributed by atoms with E-state index in [2.05, 4.69) is 19.2 Å². The monoisotopic (exact) mass is 221 g/mol. The lowest BCUT2D eigenvalue weighted by molar-refractivity contribution is 0.333. The number of benzene rings is 1. The van der Waals surface area contributed by atoms with E-state index in [1.54, 1.807) is 6.07 Å². The summed E-state index contributed by atoms with van der Waals surface area (Å²) in [5.74, 6) is -0.121. The van der Waals surface area contributed by atoms with Gasteiger partial charge in [-0.1, -0.05) is 12.5 Å². The molecule has 1 aliphatic heterocycles. The van der Waals surface area contributed by atoms with Crippen molar-refractivity contribution in [1.82, 2.24) is 5.32 Å². The molecule has 2 atom stereocenters. The number of aryl methyl sites for hydroxylation is 1. The number of hydrogen-bond acceptors (Lipinski definition) is 1. The van der Waals surface area contributed by atoms with Crippen molar-refractivity contribution in [3.05, 3.63) is 35.1 Å². The Kier molecular flexibility index (Phi) is 3.59. The summed E-state index contributed by atoms with van der Waals surface area (Å²) in [5, 5.41) is 3.59. The van der Waals surface area contributed by atoms with Crippen molar-refractivity contribution in [3.8, 4) is 0 Å². The molecular formula is C14H20FN. The molecule has 88 valence electrons. The summed E-state index contributed by atoms with van der Waals surface area (Å²) >= 11 is 0. The fraction of sp³-hybridized carbons (Fsp3) is 0.571. The van der Waals surface area contributed by atoms with Crippen molar-refractivity contribution >= 4 is 0 Å². The van der Waals surface area contributed by atoms with Gasteiger partial charge in [-0.25, -0.2) is 4.39 Å². The predicted octanol–water partition coefficient (Wildman–Crippen LogP) is 3.21. The number of nitrogens with one attached hydrogen (secondary N) is 1. The summed E-state index contributed by atoms with van der Waals surface area (Å²) < 4.78 is 13.2. The maximum atomic E-state index is 13.2. The van der Waals surface area contributed by atoms with Crippen LogP contribution in [0.5, 0.6) is 0 Å². The first-order valence-electron chi connectivity index (χ1n) is 6.16. The van der Waals surface area contributed by atoms with Gasteiger partial charge >= 0.3 is 0 Å². The van der Waals surface area contributed by atoms with Crippen LogP contribution in [0.15, 0.2) is 18.2 Å². The van der Waals surface area contributed by atoms with E-state index in [4.69, 9.17) is 0 Å². The molecule has 1 aromatic rings. The van der Waals surface area contributed by atoms with E-state index < -0.39 is 0 Å². The average Bonchev–Trinajstić information content (AvgIpc) is 2.24. The summed E-state index contributed by atoms with van der Waals surface area (Å²) in [4.78, 5) is 0. The predicted molar refractivity (Wildman–Crippen MR) is 65.1 cm³/mol. The first-order valence-corrected chi connectivity index (χ1v) is 6.16. The van der Waals surface area contributed by atoms with Crippen molar-refractivity contribution in [2.24, 2.45) is 0 Å². The topological polar surface area (TPSA) is 12.0 Å². The lowest BCUT2D eigenvalue weighted by Crippen LogP contribution is -2.41. The van der Waals surface area contributed by atoms with E-state index in [0.29, 0.717) is 12.1 Å². The third-order valence-electron chi connectivity index (χ3n) is 3.49. The van der Waals surface area contributed by atoms with Gasteiger partial charge in [-0.05, 0) is 56.4 Å². The van der Waals surface area contributed by atoms with Crippen molar-refractivity contribution in [1.29, 1.82) is 0 Å². The molecule has 2 rings (SSSR count). The summed E-state index contributed by atoms with van der Waals surface area (Å²) in [6.45, 7) is 4.28. The van der Waals surface area contributed by atoms with E-state index in [1.165, 1.54) is 30.9 Å². The second-order valence-corrected chi connectivity index (χ2v) is 4.97. The molecule has 0 bridgehead atoms. The van der Waals surface area contributed by atoms with E-state index in [0.717, 1.165) is 12.0 Å². The summed E-state index contributed by atoms with van der Waals surface area (Å²) in [6, 6.07) is 6.21. The molecule has 1 aromatic carbocycles. The molecule has 2 heteroatoms. The zero-order valence-corrected chi connectivity index (χ0v) is 10.1. The van der Waals surface area contributed by atoms with Gasteiger partial charge in [0.15, 0.2) is 0 Å². The number of piperidine rings is 1. The van der Waals surface area contributed by atoms with Crippen LogP contribution in [0.2, 0.25) is 0 Å². The van der Waals surface area contributed by atoms with Crippen molar-refractivity contribution < 1.29 is 4.39 Å². The SMILES string of the molecule is Cc1ccc(F)cc1CC1CCCC(C)N1. The second kappa shape index (κ2) is 4.96. The van der Waals surface area contributed by atoms with Gasteiger partial charge in [0.1, 0.15) is 5.82 Å². The van der Waals surface area contributed by atoms with Gasteiger partial charge in [0.2, 0.25) is 0 Å². The van der Waals surface area contributed by atoms with Crippen LogP contribution in [-0.4, -0.2) is 12.1 Å². The van der Waals surface area contributed by atoms with Crippen molar-refractivity contribution in [3.63, 3.8) is 0 Å². The van der Waals surface area contributed by atoms with E-state index >= 15 is 0 Å². The molecule has 1 N–H and O–H groups in total. The van der Waals surface area contributed by atoms with E-state index in [1.807, 2.05) is 6.07 Å². The fourth-order valence-corrected chi connectivity index (χ4v) is 2.53. The Morgan fingerprint density at radius 2 is 2.19 bits per heavy atom. The lowest BCUT2D eigenvalue weighted by Gasteiger charge is -2.29. The molecule has 2 unspecified atom stereocenters. The quantitative estimate of drug-likeness (QED) is 0.808. The highest BCUT2D eigenvalue weighted by Gasteiger charge is 2.18.